The molecule has 7 heteroatoms. The molecule has 1 heterocycles. The summed E-state index contributed by atoms with van der Waals surface area (Å²) in [5.74, 6) is 1.24. The van der Waals surface area contributed by atoms with Gasteiger partial charge in [0.05, 0.1) is 6.21 Å². The van der Waals surface area contributed by atoms with Crippen molar-refractivity contribution in [1.82, 2.24) is 4.98 Å². The maximum atomic E-state index is 5.97. The van der Waals surface area contributed by atoms with E-state index < -0.39 is 0 Å². The first-order valence-electron chi connectivity index (χ1n) is 7.16. The lowest BCUT2D eigenvalue weighted by atomic mass is 10.2. The van der Waals surface area contributed by atoms with Crippen LogP contribution in [0, 0.1) is 0 Å². The van der Waals surface area contributed by atoms with Crippen molar-refractivity contribution in [2.24, 2.45) is 5.10 Å². The molecule has 0 amide bonds. The minimum atomic E-state index is 0.456. The number of rotatable bonds is 6. The molecule has 0 radical (unpaired) electrons. The minimum absolute atomic E-state index is 0.456. The Bertz CT molecular complexity index is 850. The summed E-state index contributed by atoms with van der Waals surface area (Å²) in [4.78, 5) is 4.07. The Balaban J connectivity index is 1.59. The molecule has 0 aliphatic carbocycles. The number of thiazole rings is 1. The highest BCUT2D eigenvalue weighted by molar-refractivity contribution is 7.14. The van der Waals surface area contributed by atoms with Crippen LogP contribution in [-0.4, -0.2) is 11.2 Å². The van der Waals surface area contributed by atoms with Crippen LogP contribution in [0.1, 0.15) is 11.1 Å². The Kier molecular flexibility index (Phi) is 5.30. The van der Waals surface area contributed by atoms with E-state index in [0.717, 1.165) is 16.9 Å². The molecule has 0 saturated carbocycles. The van der Waals surface area contributed by atoms with Gasteiger partial charge in [0, 0.05) is 10.4 Å². The molecule has 0 aliphatic heterocycles. The molecule has 1 aromatic heterocycles. The molecule has 3 aromatic rings. The zero-order valence-electron chi connectivity index (χ0n) is 12.6. The molecule has 3 N–H and O–H groups in total. The van der Waals surface area contributed by atoms with Crippen molar-refractivity contribution in [2.45, 2.75) is 6.61 Å². The van der Waals surface area contributed by atoms with Gasteiger partial charge in [-0.1, -0.05) is 35.9 Å². The highest BCUT2D eigenvalue weighted by atomic mass is 35.5. The number of ether oxygens (including phenoxy) is 1. The standard InChI is InChI=1S/C17H15ClN4OS/c18-14-5-1-4-13(7-14)10-23-15-6-2-3-12(8-15)9-20-22-17-21-16(19)11-24-17/h1-9,11H,10,19H2,(H,21,22). The predicted octanol–water partition coefficient (Wildman–Crippen LogP) is 4.40. The van der Waals surface area contributed by atoms with Gasteiger partial charge >= 0.3 is 0 Å². The number of nitrogens with two attached hydrogens (primary N) is 1. The third kappa shape index (κ3) is 4.71. The first-order valence-corrected chi connectivity index (χ1v) is 8.42. The van der Waals surface area contributed by atoms with Crippen LogP contribution in [0.5, 0.6) is 5.75 Å². The Hall–Kier alpha value is -2.57. The number of hydrazone groups is 1. The van der Waals surface area contributed by atoms with Gasteiger partial charge in [0.15, 0.2) is 0 Å². The van der Waals surface area contributed by atoms with Crippen molar-refractivity contribution >= 4 is 40.1 Å². The fraction of sp³-hybridized carbons (Fsp3) is 0.0588. The van der Waals surface area contributed by atoms with Crippen molar-refractivity contribution in [3.63, 3.8) is 0 Å². The third-order valence-electron chi connectivity index (χ3n) is 3.05. The molecule has 3 rings (SSSR count). The summed E-state index contributed by atoms with van der Waals surface area (Å²) < 4.78 is 5.79. The van der Waals surface area contributed by atoms with Gasteiger partial charge in [-0.3, -0.25) is 5.43 Å². The van der Waals surface area contributed by atoms with Gasteiger partial charge in [-0.15, -0.1) is 11.3 Å². The minimum Gasteiger partial charge on any atom is -0.489 e. The second kappa shape index (κ2) is 7.81. The van der Waals surface area contributed by atoms with Crippen LogP contribution in [0.2, 0.25) is 5.02 Å². The van der Waals surface area contributed by atoms with E-state index in [4.69, 9.17) is 22.1 Å². The lowest BCUT2D eigenvalue weighted by Gasteiger charge is -2.07. The number of hydrogen-bond acceptors (Lipinski definition) is 6. The topological polar surface area (TPSA) is 72.5 Å². The Morgan fingerprint density at radius 2 is 2.12 bits per heavy atom. The van der Waals surface area contributed by atoms with Gasteiger partial charge in [-0.2, -0.15) is 5.10 Å². The molecule has 0 atom stereocenters. The average molecular weight is 359 g/mol. The quantitative estimate of drug-likeness (QED) is 0.506. The fourth-order valence-electron chi connectivity index (χ4n) is 1.98. The van der Waals surface area contributed by atoms with E-state index in [1.54, 1.807) is 11.6 Å². The zero-order chi connectivity index (χ0) is 16.8. The Labute approximate surface area is 148 Å². The van der Waals surface area contributed by atoms with Crippen LogP contribution in [0.4, 0.5) is 10.9 Å². The lowest BCUT2D eigenvalue weighted by molar-refractivity contribution is 0.306. The molecule has 5 nitrogen and oxygen atoms in total. The average Bonchev–Trinajstić information content (AvgIpc) is 2.99. The molecule has 122 valence electrons. The molecule has 0 aliphatic rings. The van der Waals surface area contributed by atoms with Gasteiger partial charge < -0.3 is 10.5 Å². The fourth-order valence-corrected chi connectivity index (χ4v) is 2.74. The number of halogens is 1. The largest absolute Gasteiger partial charge is 0.489 e. The maximum absolute atomic E-state index is 5.97. The molecule has 0 unspecified atom stereocenters. The van der Waals surface area contributed by atoms with E-state index in [9.17, 15) is 0 Å². The Morgan fingerprint density at radius 3 is 2.92 bits per heavy atom. The molecular weight excluding hydrogens is 344 g/mol. The zero-order valence-corrected chi connectivity index (χ0v) is 14.2. The second-order valence-corrected chi connectivity index (χ2v) is 6.23. The summed E-state index contributed by atoms with van der Waals surface area (Å²) in [7, 11) is 0. The molecule has 0 bridgehead atoms. The van der Waals surface area contributed by atoms with E-state index in [2.05, 4.69) is 15.5 Å². The third-order valence-corrected chi connectivity index (χ3v) is 4.05. The molecular formula is C17H15ClN4OS. The number of aromatic nitrogens is 1. The number of benzene rings is 2. The highest BCUT2D eigenvalue weighted by Crippen LogP contribution is 2.18. The Morgan fingerprint density at radius 1 is 1.25 bits per heavy atom. The predicted molar refractivity (Wildman–Crippen MR) is 100.0 cm³/mol. The van der Waals surface area contributed by atoms with Crippen LogP contribution in [0.3, 0.4) is 0 Å². The van der Waals surface area contributed by atoms with Gasteiger partial charge in [0.2, 0.25) is 5.13 Å². The monoisotopic (exact) mass is 358 g/mol. The van der Waals surface area contributed by atoms with Gasteiger partial charge in [0.1, 0.15) is 18.2 Å². The van der Waals surface area contributed by atoms with Crippen molar-refractivity contribution in [3.8, 4) is 5.75 Å². The summed E-state index contributed by atoms with van der Waals surface area (Å²) in [5.41, 5.74) is 10.3. The normalized spacial score (nSPS) is 10.9. The summed E-state index contributed by atoms with van der Waals surface area (Å²) >= 11 is 7.37. The van der Waals surface area contributed by atoms with E-state index >= 15 is 0 Å². The highest BCUT2D eigenvalue weighted by Gasteiger charge is 1.99. The molecule has 2 aromatic carbocycles. The maximum Gasteiger partial charge on any atom is 0.205 e. The molecule has 0 fully saturated rings. The number of nitrogen functional groups attached to an aromatic ring is 1. The summed E-state index contributed by atoms with van der Waals surface area (Å²) in [6.45, 7) is 0.456. The van der Waals surface area contributed by atoms with E-state index in [0.29, 0.717) is 22.6 Å². The van der Waals surface area contributed by atoms with Gasteiger partial charge in [-0.25, -0.2) is 4.98 Å². The summed E-state index contributed by atoms with van der Waals surface area (Å²) in [6, 6.07) is 15.3. The van der Waals surface area contributed by atoms with Crippen molar-refractivity contribution in [3.05, 3.63) is 70.1 Å². The lowest BCUT2D eigenvalue weighted by Crippen LogP contribution is -1.96. The molecule has 24 heavy (non-hydrogen) atoms. The van der Waals surface area contributed by atoms with Crippen LogP contribution >= 0.6 is 22.9 Å². The SMILES string of the molecule is Nc1csc(NN=Cc2cccc(OCc3cccc(Cl)c3)c2)n1. The summed E-state index contributed by atoms with van der Waals surface area (Å²) in [5, 5.41) is 7.24. The smallest absolute Gasteiger partial charge is 0.205 e. The van der Waals surface area contributed by atoms with Gasteiger partial charge in [0.25, 0.3) is 0 Å². The number of hydrogen-bond donors (Lipinski definition) is 2. The molecule has 0 spiro atoms. The summed E-state index contributed by atoms with van der Waals surface area (Å²) in [6.07, 6.45) is 1.70. The first-order chi connectivity index (χ1) is 11.7. The number of nitrogens with one attached hydrogen (secondary N) is 1. The van der Waals surface area contributed by atoms with Crippen LogP contribution in [0.15, 0.2) is 59.0 Å². The first kappa shape index (κ1) is 16.3. The van der Waals surface area contributed by atoms with E-state index in [1.807, 2.05) is 48.5 Å². The van der Waals surface area contributed by atoms with E-state index in [-0.39, 0.29) is 0 Å². The van der Waals surface area contributed by atoms with Crippen molar-refractivity contribution in [1.29, 1.82) is 0 Å². The second-order valence-electron chi connectivity index (χ2n) is 4.94. The number of anilines is 2. The van der Waals surface area contributed by atoms with Crippen molar-refractivity contribution in [2.75, 3.05) is 11.2 Å². The van der Waals surface area contributed by atoms with E-state index in [1.165, 1.54) is 11.3 Å². The van der Waals surface area contributed by atoms with Crippen molar-refractivity contribution < 1.29 is 4.74 Å². The van der Waals surface area contributed by atoms with Crippen LogP contribution in [-0.2, 0) is 6.61 Å². The number of nitrogens with zero attached hydrogens (tertiary/aromatic N) is 2. The van der Waals surface area contributed by atoms with Gasteiger partial charge in [-0.05, 0) is 35.4 Å². The molecule has 0 saturated heterocycles. The van der Waals surface area contributed by atoms with Crippen LogP contribution in [0.25, 0.3) is 0 Å². The van der Waals surface area contributed by atoms with Crippen LogP contribution < -0.4 is 15.9 Å².